The second-order valence-electron chi connectivity index (χ2n) is 8.56. The summed E-state index contributed by atoms with van der Waals surface area (Å²) >= 11 is 1.45. The van der Waals surface area contributed by atoms with Crippen molar-refractivity contribution < 1.29 is 13.6 Å². The average molecular weight is 497 g/mol. The summed E-state index contributed by atoms with van der Waals surface area (Å²) in [6.07, 6.45) is -0.662. The molecule has 0 radical (unpaired) electrons. The van der Waals surface area contributed by atoms with E-state index in [0.29, 0.717) is 38.7 Å². The molecule has 1 amide bonds. The van der Waals surface area contributed by atoms with Crippen LogP contribution < -0.4 is 15.9 Å². The number of thioether (sulfide) groups is 1. The summed E-state index contributed by atoms with van der Waals surface area (Å²) in [6.45, 7) is 2.05. The maximum atomic E-state index is 13.4. The van der Waals surface area contributed by atoms with Gasteiger partial charge in [-0.2, -0.15) is 0 Å². The lowest BCUT2D eigenvalue weighted by atomic mass is 10.1. The van der Waals surface area contributed by atoms with E-state index < -0.39 is 6.17 Å². The molecule has 178 valence electrons. The molecular formula is C28H21FN4O2S. The van der Waals surface area contributed by atoms with E-state index in [-0.39, 0.29) is 11.7 Å². The molecule has 4 aromatic rings. The van der Waals surface area contributed by atoms with Gasteiger partial charge in [-0.05, 0) is 55.0 Å². The molecule has 3 heterocycles. The Hall–Kier alpha value is -4.17. The fourth-order valence-corrected chi connectivity index (χ4v) is 4.98. The van der Waals surface area contributed by atoms with Crippen LogP contribution in [-0.2, 0) is 10.5 Å². The molecule has 2 aliphatic heterocycles. The predicted molar refractivity (Wildman–Crippen MR) is 137 cm³/mol. The Bertz CT molecular complexity index is 1610. The fourth-order valence-electron chi connectivity index (χ4n) is 4.17. The number of aryl methyl sites for hydroxylation is 1. The number of halogens is 1. The molecule has 0 saturated heterocycles. The molecule has 3 aromatic carbocycles. The van der Waals surface area contributed by atoms with Crippen LogP contribution in [0.15, 0.2) is 99.4 Å². The number of amidine groups is 1. The van der Waals surface area contributed by atoms with E-state index in [2.05, 4.69) is 29.6 Å². The Balaban J connectivity index is 1.38. The van der Waals surface area contributed by atoms with Gasteiger partial charge in [0, 0.05) is 16.5 Å². The van der Waals surface area contributed by atoms with Crippen LogP contribution in [0.1, 0.15) is 23.1 Å². The number of para-hydroxylation sites is 1. The van der Waals surface area contributed by atoms with E-state index in [9.17, 15) is 9.18 Å². The van der Waals surface area contributed by atoms with Crippen LogP contribution in [0.4, 0.5) is 4.39 Å². The summed E-state index contributed by atoms with van der Waals surface area (Å²) in [5.74, 6) is 1.22. The Morgan fingerprint density at radius 1 is 1.00 bits per heavy atom. The SMILES string of the molecule is Cc1ccc(CSC2=NN3C(=c4ccccc4=N[C@H]3c3ccc(-c4ccc(F)cc4)o3)C(=O)N2)cc1. The first-order valence-electron chi connectivity index (χ1n) is 11.5. The fraction of sp³-hybridized carbons (Fsp3) is 0.107. The van der Waals surface area contributed by atoms with E-state index >= 15 is 0 Å². The smallest absolute Gasteiger partial charge is 0.276 e. The number of amides is 1. The summed E-state index contributed by atoms with van der Waals surface area (Å²) in [6, 6.07) is 25.5. The second kappa shape index (κ2) is 9.13. The first-order valence-corrected chi connectivity index (χ1v) is 12.4. The first kappa shape index (κ1) is 22.3. The van der Waals surface area contributed by atoms with Crippen molar-refractivity contribution in [1.82, 2.24) is 10.3 Å². The van der Waals surface area contributed by atoms with Crippen molar-refractivity contribution in [3.8, 4) is 11.3 Å². The van der Waals surface area contributed by atoms with Crippen molar-refractivity contribution in [3.63, 3.8) is 0 Å². The van der Waals surface area contributed by atoms with Crippen LogP contribution in [0.3, 0.4) is 0 Å². The molecule has 2 aliphatic rings. The van der Waals surface area contributed by atoms with Gasteiger partial charge in [-0.1, -0.05) is 59.8 Å². The van der Waals surface area contributed by atoms with Crippen molar-refractivity contribution in [3.05, 3.63) is 118 Å². The Kier molecular flexibility index (Phi) is 5.65. The number of nitrogens with one attached hydrogen (secondary N) is 1. The van der Waals surface area contributed by atoms with Crippen LogP contribution in [0, 0.1) is 12.7 Å². The minimum atomic E-state index is -0.662. The molecule has 6 nitrogen and oxygen atoms in total. The zero-order valence-corrected chi connectivity index (χ0v) is 20.1. The topological polar surface area (TPSA) is 70.2 Å². The normalized spacial score (nSPS) is 16.6. The van der Waals surface area contributed by atoms with E-state index in [1.54, 1.807) is 17.1 Å². The highest BCUT2D eigenvalue weighted by Gasteiger charge is 2.36. The lowest BCUT2D eigenvalue weighted by Crippen LogP contribution is -2.50. The van der Waals surface area contributed by atoms with Gasteiger partial charge in [0.2, 0.25) is 6.17 Å². The Morgan fingerprint density at radius 2 is 1.78 bits per heavy atom. The number of hydrogen-bond acceptors (Lipinski definition) is 6. The maximum Gasteiger partial charge on any atom is 0.276 e. The molecule has 36 heavy (non-hydrogen) atoms. The van der Waals surface area contributed by atoms with Gasteiger partial charge >= 0.3 is 0 Å². The quantitative estimate of drug-likeness (QED) is 0.453. The minimum Gasteiger partial charge on any atom is -0.457 e. The third-order valence-corrected chi connectivity index (χ3v) is 6.96. The summed E-state index contributed by atoms with van der Waals surface area (Å²) in [5, 5.41) is 11.2. The third-order valence-electron chi connectivity index (χ3n) is 6.02. The highest BCUT2D eigenvalue weighted by molar-refractivity contribution is 8.13. The zero-order chi connectivity index (χ0) is 24.6. The molecule has 1 N–H and O–H groups in total. The number of carbonyl (C=O) groups is 1. The second-order valence-corrected chi connectivity index (χ2v) is 9.52. The molecule has 0 bridgehead atoms. The maximum absolute atomic E-state index is 13.4. The minimum absolute atomic E-state index is 0.242. The first-order chi connectivity index (χ1) is 17.5. The zero-order valence-electron chi connectivity index (χ0n) is 19.3. The van der Waals surface area contributed by atoms with Crippen molar-refractivity contribution in [2.75, 3.05) is 0 Å². The standard InChI is InChI=1S/C28H21FN4O2S/c1-17-6-8-18(9-7-17)16-36-28-31-27(34)25-21-4-2-3-5-22(21)30-26(33(25)32-28)24-15-14-23(35-24)19-10-12-20(29)13-11-19/h2-15,26H,16H2,1H3,(H,31,32,34)/t26-/m1/s1. The van der Waals surface area contributed by atoms with Gasteiger partial charge in [0.25, 0.3) is 5.91 Å². The lowest BCUT2D eigenvalue weighted by Gasteiger charge is -2.32. The monoisotopic (exact) mass is 496 g/mol. The largest absolute Gasteiger partial charge is 0.457 e. The number of nitrogens with zero attached hydrogens (tertiary/aromatic N) is 3. The third kappa shape index (κ3) is 4.20. The van der Waals surface area contributed by atoms with Crippen LogP contribution in [0.2, 0.25) is 0 Å². The number of fused-ring (bicyclic) bond motifs is 2. The average Bonchev–Trinajstić information content (AvgIpc) is 3.38. The molecule has 1 aromatic heterocycles. The molecule has 1 atom stereocenters. The number of rotatable bonds is 4. The summed E-state index contributed by atoms with van der Waals surface area (Å²) < 4.78 is 19.5. The highest BCUT2D eigenvalue weighted by atomic mass is 32.2. The van der Waals surface area contributed by atoms with Gasteiger partial charge in [0.05, 0.1) is 5.36 Å². The molecule has 0 aliphatic carbocycles. The molecule has 6 rings (SSSR count). The van der Waals surface area contributed by atoms with Gasteiger partial charge in [-0.3, -0.25) is 10.1 Å². The van der Waals surface area contributed by atoms with Crippen LogP contribution in [0.25, 0.3) is 17.0 Å². The highest BCUT2D eigenvalue weighted by Crippen LogP contribution is 2.34. The number of hydrazone groups is 1. The van der Waals surface area contributed by atoms with Gasteiger partial charge in [-0.15, -0.1) is 5.10 Å². The van der Waals surface area contributed by atoms with Gasteiger partial charge < -0.3 is 4.42 Å². The molecule has 0 spiro atoms. The Labute approximate surface area is 210 Å². The van der Waals surface area contributed by atoms with Crippen LogP contribution in [0.5, 0.6) is 0 Å². The summed E-state index contributed by atoms with van der Waals surface area (Å²) in [5.41, 5.74) is 3.50. The van der Waals surface area contributed by atoms with Gasteiger partial charge in [0.15, 0.2) is 10.9 Å². The van der Waals surface area contributed by atoms with Crippen LogP contribution >= 0.6 is 11.8 Å². The van der Waals surface area contributed by atoms with E-state index in [1.165, 1.54) is 29.5 Å². The van der Waals surface area contributed by atoms with Crippen molar-refractivity contribution in [2.45, 2.75) is 18.8 Å². The van der Waals surface area contributed by atoms with E-state index in [4.69, 9.17) is 14.5 Å². The Morgan fingerprint density at radius 3 is 2.58 bits per heavy atom. The number of furan rings is 1. The molecule has 0 unspecified atom stereocenters. The number of hydrogen-bond donors (Lipinski definition) is 1. The van der Waals surface area contributed by atoms with Gasteiger partial charge in [0.1, 0.15) is 17.3 Å². The molecular weight excluding hydrogens is 475 g/mol. The molecule has 8 heteroatoms. The lowest BCUT2D eigenvalue weighted by molar-refractivity contribution is -0.116. The van der Waals surface area contributed by atoms with Crippen molar-refractivity contribution >= 4 is 28.5 Å². The van der Waals surface area contributed by atoms with E-state index in [1.807, 2.05) is 43.3 Å². The molecule has 0 saturated carbocycles. The molecule has 0 fully saturated rings. The summed E-state index contributed by atoms with van der Waals surface area (Å²) in [7, 11) is 0. The predicted octanol–water partition coefficient (Wildman–Crippen LogP) is 4.47. The van der Waals surface area contributed by atoms with Gasteiger partial charge in [-0.25, -0.2) is 14.4 Å². The summed E-state index contributed by atoms with van der Waals surface area (Å²) in [4.78, 5) is 18.2. The van der Waals surface area contributed by atoms with Crippen molar-refractivity contribution in [1.29, 1.82) is 0 Å². The van der Waals surface area contributed by atoms with E-state index in [0.717, 1.165) is 11.1 Å². The van der Waals surface area contributed by atoms with Crippen molar-refractivity contribution in [2.24, 2.45) is 10.1 Å². The number of carbonyl (C=O) groups excluding carboxylic acids is 1. The number of benzene rings is 3. The van der Waals surface area contributed by atoms with Crippen LogP contribution in [-0.4, -0.2) is 16.1 Å².